The van der Waals surface area contributed by atoms with E-state index in [0.717, 1.165) is 36.4 Å². The quantitative estimate of drug-likeness (QED) is 0.734. The fraction of sp³-hybridized carbons (Fsp3) is 0.176. The number of benzene rings is 2. The SMILES string of the molecule is CC(NS(=O)(=O)c1ccc(F)cc1)C(=O)Nc1ccc(C#N)c(C(F)(F)F)c1. The number of amides is 1. The van der Waals surface area contributed by atoms with Crippen LogP contribution in [-0.4, -0.2) is 20.4 Å². The van der Waals surface area contributed by atoms with E-state index in [0.29, 0.717) is 6.07 Å². The first kappa shape index (κ1) is 21.3. The highest BCUT2D eigenvalue weighted by Crippen LogP contribution is 2.33. The second kappa shape index (κ2) is 7.95. The Morgan fingerprint density at radius 3 is 2.29 bits per heavy atom. The molecule has 6 nitrogen and oxygen atoms in total. The van der Waals surface area contributed by atoms with Crippen molar-refractivity contribution in [2.45, 2.75) is 24.0 Å². The van der Waals surface area contributed by atoms with Gasteiger partial charge in [0.1, 0.15) is 5.82 Å². The zero-order valence-corrected chi connectivity index (χ0v) is 15.0. The zero-order valence-electron chi connectivity index (χ0n) is 14.2. The number of nitrogens with one attached hydrogen (secondary N) is 2. The summed E-state index contributed by atoms with van der Waals surface area (Å²) in [5, 5.41) is 10.9. The Morgan fingerprint density at radius 1 is 1.14 bits per heavy atom. The number of hydrogen-bond acceptors (Lipinski definition) is 4. The van der Waals surface area contributed by atoms with Crippen LogP contribution in [0, 0.1) is 17.1 Å². The highest BCUT2D eigenvalue weighted by atomic mass is 32.2. The van der Waals surface area contributed by atoms with Crippen molar-refractivity contribution in [3.63, 3.8) is 0 Å². The summed E-state index contributed by atoms with van der Waals surface area (Å²) in [4.78, 5) is 11.9. The summed E-state index contributed by atoms with van der Waals surface area (Å²) >= 11 is 0. The number of nitriles is 1. The van der Waals surface area contributed by atoms with Crippen LogP contribution >= 0.6 is 0 Å². The average Bonchev–Trinajstić information content (AvgIpc) is 2.60. The van der Waals surface area contributed by atoms with Gasteiger partial charge in [-0.25, -0.2) is 12.8 Å². The summed E-state index contributed by atoms with van der Waals surface area (Å²) in [6.45, 7) is 1.19. The number of halogens is 4. The number of alkyl halides is 3. The lowest BCUT2D eigenvalue weighted by molar-refractivity contribution is -0.137. The van der Waals surface area contributed by atoms with E-state index in [9.17, 15) is 30.8 Å². The number of rotatable bonds is 5. The fourth-order valence-electron chi connectivity index (χ4n) is 2.17. The molecule has 28 heavy (non-hydrogen) atoms. The predicted molar refractivity (Wildman–Crippen MR) is 91.0 cm³/mol. The van der Waals surface area contributed by atoms with Gasteiger partial charge >= 0.3 is 6.18 Å². The van der Waals surface area contributed by atoms with Gasteiger partial charge in [0.25, 0.3) is 0 Å². The Bertz CT molecular complexity index is 1030. The van der Waals surface area contributed by atoms with Gasteiger partial charge in [0.05, 0.1) is 28.1 Å². The number of nitrogens with zero attached hydrogens (tertiary/aromatic N) is 1. The van der Waals surface area contributed by atoms with Gasteiger partial charge in [-0.2, -0.15) is 23.2 Å². The maximum absolute atomic E-state index is 13.0. The smallest absolute Gasteiger partial charge is 0.325 e. The lowest BCUT2D eigenvalue weighted by Crippen LogP contribution is -2.41. The van der Waals surface area contributed by atoms with E-state index in [1.165, 1.54) is 13.0 Å². The number of hydrogen-bond donors (Lipinski definition) is 2. The van der Waals surface area contributed by atoms with E-state index in [1.807, 2.05) is 4.72 Å². The number of carbonyl (C=O) groups is 1. The van der Waals surface area contributed by atoms with Crippen molar-refractivity contribution in [3.05, 3.63) is 59.4 Å². The third-order valence-corrected chi connectivity index (χ3v) is 5.12. The Kier molecular flexibility index (Phi) is 6.06. The Balaban J connectivity index is 2.16. The standard InChI is InChI=1S/C17H13F4N3O3S/c1-10(24-28(26,27)14-6-3-12(18)4-7-14)16(25)23-13-5-2-11(9-22)15(8-13)17(19,20)21/h2-8,10,24H,1H3,(H,23,25). The van der Waals surface area contributed by atoms with E-state index in [4.69, 9.17) is 5.26 Å². The van der Waals surface area contributed by atoms with Crippen LogP contribution in [0.25, 0.3) is 0 Å². The Hall–Kier alpha value is -2.97. The highest BCUT2D eigenvalue weighted by Gasteiger charge is 2.34. The third-order valence-electron chi connectivity index (χ3n) is 3.56. The number of carbonyl (C=O) groups excluding carboxylic acids is 1. The molecule has 0 aliphatic rings. The molecule has 2 rings (SSSR count). The molecule has 1 amide bonds. The van der Waals surface area contributed by atoms with Crippen LogP contribution in [-0.2, 0) is 21.0 Å². The molecule has 0 bridgehead atoms. The van der Waals surface area contributed by atoms with Crippen LogP contribution in [0.5, 0.6) is 0 Å². The van der Waals surface area contributed by atoms with Gasteiger partial charge in [-0.15, -0.1) is 0 Å². The molecular formula is C17H13F4N3O3S. The molecule has 0 radical (unpaired) electrons. The van der Waals surface area contributed by atoms with Gasteiger partial charge in [0.2, 0.25) is 15.9 Å². The first-order chi connectivity index (χ1) is 12.9. The number of sulfonamides is 1. The van der Waals surface area contributed by atoms with Gasteiger partial charge in [0, 0.05) is 5.69 Å². The maximum atomic E-state index is 13.0. The molecule has 0 spiro atoms. The molecule has 0 aromatic heterocycles. The summed E-state index contributed by atoms with van der Waals surface area (Å²) in [7, 11) is -4.16. The fourth-order valence-corrected chi connectivity index (χ4v) is 3.38. The summed E-state index contributed by atoms with van der Waals surface area (Å²) in [6.07, 6.45) is -4.80. The molecule has 2 N–H and O–H groups in total. The molecule has 0 saturated carbocycles. The van der Waals surface area contributed by atoms with E-state index in [1.54, 1.807) is 0 Å². The van der Waals surface area contributed by atoms with Gasteiger partial charge in [-0.1, -0.05) is 0 Å². The molecule has 0 heterocycles. The highest BCUT2D eigenvalue weighted by molar-refractivity contribution is 7.89. The topological polar surface area (TPSA) is 99.1 Å². The molecule has 0 saturated heterocycles. The van der Waals surface area contributed by atoms with Crippen LogP contribution in [0.2, 0.25) is 0 Å². The monoisotopic (exact) mass is 415 g/mol. The van der Waals surface area contributed by atoms with E-state index < -0.39 is 45.1 Å². The number of anilines is 1. The van der Waals surface area contributed by atoms with Crippen LogP contribution in [0.1, 0.15) is 18.1 Å². The van der Waals surface area contributed by atoms with Gasteiger partial charge in [-0.05, 0) is 49.4 Å². The molecule has 2 aromatic rings. The first-order valence-corrected chi connectivity index (χ1v) is 9.12. The van der Waals surface area contributed by atoms with Crippen molar-refractivity contribution in [3.8, 4) is 6.07 Å². The van der Waals surface area contributed by atoms with Crippen LogP contribution < -0.4 is 10.0 Å². The van der Waals surface area contributed by atoms with Crippen LogP contribution in [0.15, 0.2) is 47.4 Å². The minimum absolute atomic E-state index is 0.260. The summed E-state index contributed by atoms with van der Waals surface area (Å²) in [6, 6.07) is 6.47. The lowest BCUT2D eigenvalue weighted by Gasteiger charge is -2.16. The van der Waals surface area contributed by atoms with Crippen molar-refractivity contribution >= 4 is 21.6 Å². The van der Waals surface area contributed by atoms with Crippen molar-refractivity contribution in [2.24, 2.45) is 0 Å². The predicted octanol–water partition coefficient (Wildman–Crippen LogP) is 3.02. The molecule has 0 aliphatic heterocycles. The molecule has 1 unspecified atom stereocenters. The molecule has 11 heteroatoms. The van der Waals surface area contributed by atoms with Crippen LogP contribution in [0.3, 0.4) is 0 Å². The largest absolute Gasteiger partial charge is 0.417 e. The second-order valence-corrected chi connectivity index (χ2v) is 7.37. The van der Waals surface area contributed by atoms with Crippen molar-refractivity contribution in [1.29, 1.82) is 5.26 Å². The first-order valence-electron chi connectivity index (χ1n) is 7.64. The molecule has 2 aromatic carbocycles. The third kappa shape index (κ3) is 5.05. The second-order valence-electron chi connectivity index (χ2n) is 5.66. The van der Waals surface area contributed by atoms with Crippen molar-refractivity contribution in [2.75, 3.05) is 5.32 Å². The molecule has 148 valence electrons. The zero-order chi connectivity index (χ0) is 21.1. The van der Waals surface area contributed by atoms with Crippen molar-refractivity contribution in [1.82, 2.24) is 4.72 Å². The summed E-state index contributed by atoms with van der Waals surface area (Å²) < 4.78 is 78.2. The maximum Gasteiger partial charge on any atom is 0.417 e. The van der Waals surface area contributed by atoms with Crippen molar-refractivity contribution < 1.29 is 30.8 Å². The molecule has 0 aliphatic carbocycles. The van der Waals surface area contributed by atoms with Gasteiger partial charge in [-0.3, -0.25) is 4.79 Å². The molecular weight excluding hydrogens is 402 g/mol. The minimum Gasteiger partial charge on any atom is -0.325 e. The Labute approximate surface area is 157 Å². The summed E-state index contributed by atoms with van der Waals surface area (Å²) in [5.41, 5.74) is -2.10. The Morgan fingerprint density at radius 2 is 1.75 bits per heavy atom. The van der Waals surface area contributed by atoms with Gasteiger partial charge in [0.15, 0.2) is 0 Å². The van der Waals surface area contributed by atoms with E-state index in [2.05, 4.69) is 5.32 Å². The lowest BCUT2D eigenvalue weighted by atomic mass is 10.1. The van der Waals surface area contributed by atoms with E-state index >= 15 is 0 Å². The molecule has 1 atom stereocenters. The van der Waals surface area contributed by atoms with Crippen LogP contribution in [0.4, 0.5) is 23.2 Å². The van der Waals surface area contributed by atoms with E-state index in [-0.39, 0.29) is 10.6 Å². The summed E-state index contributed by atoms with van der Waals surface area (Å²) in [5.74, 6) is -1.57. The minimum atomic E-state index is -4.80. The van der Waals surface area contributed by atoms with Gasteiger partial charge < -0.3 is 5.32 Å². The normalized spacial score (nSPS) is 12.9. The molecule has 0 fully saturated rings. The average molecular weight is 415 g/mol.